The highest BCUT2D eigenvalue weighted by molar-refractivity contribution is 6.34. The summed E-state index contributed by atoms with van der Waals surface area (Å²) in [7, 11) is 4.29. The van der Waals surface area contributed by atoms with E-state index in [-0.39, 0.29) is 5.97 Å². The standard InChI is InChI=1S/C17H26O4Si/c1-12(2)17(18)21-11-7-5-6-8-13-9-10-14(22)16(20-4)15(13)19-3/h9-10H,1,5-8,11H2,2-4,22H3. The van der Waals surface area contributed by atoms with Gasteiger partial charge in [0.15, 0.2) is 11.5 Å². The number of benzene rings is 1. The van der Waals surface area contributed by atoms with Crippen molar-refractivity contribution in [3.05, 3.63) is 29.8 Å². The molecule has 0 aliphatic carbocycles. The third kappa shape index (κ3) is 5.22. The lowest BCUT2D eigenvalue weighted by Gasteiger charge is -2.15. The zero-order chi connectivity index (χ0) is 16.5. The van der Waals surface area contributed by atoms with Crippen LogP contribution in [0.1, 0.15) is 31.7 Å². The number of methoxy groups -OCH3 is 2. The van der Waals surface area contributed by atoms with E-state index in [1.54, 1.807) is 21.1 Å². The van der Waals surface area contributed by atoms with Gasteiger partial charge in [0.2, 0.25) is 0 Å². The van der Waals surface area contributed by atoms with Crippen LogP contribution in [-0.2, 0) is 16.0 Å². The first-order chi connectivity index (χ1) is 10.5. The monoisotopic (exact) mass is 322 g/mol. The van der Waals surface area contributed by atoms with E-state index in [0.29, 0.717) is 12.2 Å². The Morgan fingerprint density at radius 3 is 2.41 bits per heavy atom. The molecule has 4 nitrogen and oxygen atoms in total. The summed E-state index contributed by atoms with van der Waals surface area (Å²) in [6.07, 6.45) is 3.80. The van der Waals surface area contributed by atoms with Gasteiger partial charge in [0.1, 0.15) is 0 Å². The maximum absolute atomic E-state index is 11.2. The van der Waals surface area contributed by atoms with Gasteiger partial charge in [0.25, 0.3) is 0 Å². The predicted octanol–water partition coefficient (Wildman–Crippen LogP) is 1.53. The molecule has 0 amide bonds. The Bertz CT molecular complexity index is 526. The van der Waals surface area contributed by atoms with Gasteiger partial charge in [-0.3, -0.25) is 0 Å². The summed E-state index contributed by atoms with van der Waals surface area (Å²) in [6, 6.07) is 4.22. The van der Waals surface area contributed by atoms with Crippen LogP contribution in [0.4, 0.5) is 0 Å². The fourth-order valence-corrected chi connectivity index (χ4v) is 2.86. The number of ether oxygens (including phenoxy) is 3. The summed E-state index contributed by atoms with van der Waals surface area (Å²) in [5, 5.41) is 1.20. The number of carbonyl (C=O) groups excluding carboxylic acids is 1. The first kappa shape index (κ1) is 18.3. The van der Waals surface area contributed by atoms with Crippen molar-refractivity contribution in [2.24, 2.45) is 0 Å². The quantitative estimate of drug-likeness (QED) is 0.299. The molecule has 0 atom stereocenters. The smallest absolute Gasteiger partial charge is 0.333 e. The van der Waals surface area contributed by atoms with Crippen LogP contribution in [0.3, 0.4) is 0 Å². The summed E-state index contributed by atoms with van der Waals surface area (Å²) >= 11 is 0. The highest BCUT2D eigenvalue weighted by Gasteiger charge is 2.12. The van der Waals surface area contributed by atoms with Crippen LogP contribution in [0.25, 0.3) is 0 Å². The van der Waals surface area contributed by atoms with E-state index in [9.17, 15) is 4.79 Å². The normalized spacial score (nSPS) is 10.3. The van der Waals surface area contributed by atoms with Crippen molar-refractivity contribution < 1.29 is 19.0 Å². The van der Waals surface area contributed by atoms with Crippen LogP contribution in [0, 0.1) is 0 Å². The van der Waals surface area contributed by atoms with Gasteiger partial charge >= 0.3 is 5.97 Å². The molecule has 0 saturated heterocycles. The number of unbranched alkanes of at least 4 members (excludes halogenated alkanes) is 2. The first-order valence-electron chi connectivity index (χ1n) is 7.54. The predicted molar refractivity (Wildman–Crippen MR) is 92.4 cm³/mol. The molecular weight excluding hydrogens is 296 g/mol. The van der Waals surface area contributed by atoms with Gasteiger partial charge < -0.3 is 14.2 Å². The van der Waals surface area contributed by atoms with Gasteiger partial charge in [0.05, 0.1) is 20.8 Å². The lowest BCUT2D eigenvalue weighted by Crippen LogP contribution is -2.10. The van der Waals surface area contributed by atoms with Crippen molar-refractivity contribution in [2.45, 2.75) is 32.6 Å². The minimum atomic E-state index is -0.311. The topological polar surface area (TPSA) is 44.8 Å². The number of aryl methyl sites for hydroxylation is 1. The Labute approximate surface area is 135 Å². The molecule has 1 aromatic rings. The number of rotatable bonds is 9. The maximum atomic E-state index is 11.2. The average Bonchev–Trinajstić information content (AvgIpc) is 2.50. The molecule has 1 rings (SSSR count). The van der Waals surface area contributed by atoms with E-state index in [2.05, 4.69) is 18.7 Å². The van der Waals surface area contributed by atoms with E-state index in [1.165, 1.54) is 5.19 Å². The molecule has 122 valence electrons. The van der Waals surface area contributed by atoms with Gasteiger partial charge in [0, 0.05) is 15.8 Å². The van der Waals surface area contributed by atoms with Gasteiger partial charge in [-0.05, 0) is 43.4 Å². The molecular formula is C17H26O4Si. The SMILES string of the molecule is C=C(C)C(=O)OCCCCCc1ccc([SiH3])c(OC)c1OC. The van der Waals surface area contributed by atoms with Gasteiger partial charge in [-0.15, -0.1) is 0 Å². The van der Waals surface area contributed by atoms with E-state index in [0.717, 1.165) is 53.0 Å². The van der Waals surface area contributed by atoms with Crippen molar-refractivity contribution in [3.63, 3.8) is 0 Å². The van der Waals surface area contributed by atoms with E-state index >= 15 is 0 Å². The molecule has 0 bridgehead atoms. The molecule has 1 aromatic carbocycles. The second kappa shape index (κ2) is 9.30. The van der Waals surface area contributed by atoms with Crippen LogP contribution in [0.15, 0.2) is 24.3 Å². The van der Waals surface area contributed by atoms with E-state index in [1.807, 2.05) is 0 Å². The van der Waals surface area contributed by atoms with Crippen molar-refractivity contribution in [2.75, 3.05) is 20.8 Å². The molecule has 0 aliphatic rings. The summed E-state index contributed by atoms with van der Waals surface area (Å²) in [5.74, 6) is 1.40. The van der Waals surface area contributed by atoms with Gasteiger partial charge in [-0.1, -0.05) is 18.7 Å². The van der Waals surface area contributed by atoms with E-state index in [4.69, 9.17) is 14.2 Å². The van der Waals surface area contributed by atoms with Crippen molar-refractivity contribution >= 4 is 21.4 Å². The minimum absolute atomic E-state index is 0.311. The molecule has 5 heteroatoms. The Balaban J connectivity index is 2.42. The Hall–Kier alpha value is -1.75. The van der Waals surface area contributed by atoms with Crippen LogP contribution in [-0.4, -0.2) is 37.0 Å². The second-order valence-corrected chi connectivity index (χ2v) is 6.41. The first-order valence-corrected chi connectivity index (χ1v) is 8.54. The number of hydrogen-bond acceptors (Lipinski definition) is 4. The summed E-state index contributed by atoms with van der Waals surface area (Å²) < 4.78 is 16.0. The van der Waals surface area contributed by atoms with Crippen molar-refractivity contribution in [3.8, 4) is 11.5 Å². The molecule has 0 aliphatic heterocycles. The van der Waals surface area contributed by atoms with Crippen LogP contribution < -0.4 is 14.7 Å². The van der Waals surface area contributed by atoms with Gasteiger partial charge in [-0.25, -0.2) is 4.79 Å². The lowest BCUT2D eigenvalue weighted by atomic mass is 10.1. The fraction of sp³-hybridized carbons (Fsp3) is 0.471. The fourth-order valence-electron chi connectivity index (χ4n) is 2.26. The molecule has 22 heavy (non-hydrogen) atoms. The zero-order valence-electron chi connectivity index (χ0n) is 14.0. The third-order valence-corrected chi connectivity index (χ3v) is 4.26. The molecule has 0 spiro atoms. The highest BCUT2D eigenvalue weighted by Crippen LogP contribution is 2.29. The third-order valence-electron chi connectivity index (χ3n) is 3.47. The largest absolute Gasteiger partial charge is 0.493 e. The lowest BCUT2D eigenvalue weighted by molar-refractivity contribution is -0.139. The summed E-state index contributed by atoms with van der Waals surface area (Å²) in [6.45, 7) is 5.66. The molecule has 0 unspecified atom stereocenters. The molecule has 0 fully saturated rings. The highest BCUT2D eigenvalue weighted by atomic mass is 28.1. The average molecular weight is 322 g/mol. The number of esters is 1. The number of carbonyl (C=O) groups is 1. The van der Waals surface area contributed by atoms with Crippen LogP contribution >= 0.6 is 0 Å². The summed E-state index contributed by atoms with van der Waals surface area (Å²) in [5.41, 5.74) is 1.61. The Morgan fingerprint density at radius 2 is 1.82 bits per heavy atom. The molecule has 0 radical (unpaired) electrons. The summed E-state index contributed by atoms with van der Waals surface area (Å²) in [4.78, 5) is 11.2. The molecule has 0 N–H and O–H groups in total. The van der Waals surface area contributed by atoms with Crippen molar-refractivity contribution in [1.82, 2.24) is 0 Å². The zero-order valence-corrected chi connectivity index (χ0v) is 16.0. The molecule has 0 aromatic heterocycles. The Morgan fingerprint density at radius 1 is 1.14 bits per heavy atom. The second-order valence-electron chi connectivity index (χ2n) is 5.33. The minimum Gasteiger partial charge on any atom is -0.493 e. The van der Waals surface area contributed by atoms with Crippen molar-refractivity contribution in [1.29, 1.82) is 0 Å². The Kier molecular flexibility index (Phi) is 7.74. The molecule has 0 heterocycles. The number of hydrogen-bond donors (Lipinski definition) is 0. The molecule has 0 saturated carbocycles. The maximum Gasteiger partial charge on any atom is 0.333 e. The van der Waals surface area contributed by atoms with Crippen LogP contribution in [0.2, 0.25) is 0 Å². The van der Waals surface area contributed by atoms with Crippen LogP contribution in [0.5, 0.6) is 11.5 Å². The van der Waals surface area contributed by atoms with Gasteiger partial charge in [-0.2, -0.15) is 0 Å². The van der Waals surface area contributed by atoms with E-state index < -0.39 is 0 Å².